The molecule has 1 N–H and O–H groups in total. The summed E-state index contributed by atoms with van der Waals surface area (Å²) >= 11 is 0. The van der Waals surface area contributed by atoms with Crippen molar-refractivity contribution in [1.29, 1.82) is 0 Å². The number of carbonyl (C=O) groups is 1. The van der Waals surface area contributed by atoms with E-state index >= 15 is 0 Å². The molecule has 0 aliphatic heterocycles. The van der Waals surface area contributed by atoms with E-state index in [0.717, 1.165) is 18.4 Å². The number of hydrogen-bond donors (Lipinski definition) is 1. The first-order valence-corrected chi connectivity index (χ1v) is 6.89. The monoisotopic (exact) mass is 270 g/mol. The number of rotatable bonds is 4. The van der Waals surface area contributed by atoms with E-state index in [9.17, 15) is 4.79 Å². The summed E-state index contributed by atoms with van der Waals surface area (Å²) in [5.41, 5.74) is 2.36. The first kappa shape index (κ1) is 12.8. The summed E-state index contributed by atoms with van der Waals surface area (Å²) in [5.74, 6) is 0.847. The zero-order chi connectivity index (χ0) is 14.1. The van der Waals surface area contributed by atoms with Crippen molar-refractivity contribution in [1.82, 2.24) is 20.1 Å². The van der Waals surface area contributed by atoms with E-state index in [0.29, 0.717) is 18.4 Å². The topological polar surface area (TPSA) is 61.9 Å². The van der Waals surface area contributed by atoms with Gasteiger partial charge in [-0.25, -0.2) is 4.98 Å². The number of aromatic amines is 1. The van der Waals surface area contributed by atoms with Gasteiger partial charge in [0.1, 0.15) is 5.82 Å². The Morgan fingerprint density at radius 2 is 2.20 bits per heavy atom. The number of nitrogens with zero attached hydrogens (tertiary/aromatic N) is 3. The van der Waals surface area contributed by atoms with Crippen LogP contribution in [-0.2, 0) is 6.54 Å². The highest BCUT2D eigenvalue weighted by Gasteiger charge is 2.34. The Hall–Kier alpha value is -2.17. The van der Waals surface area contributed by atoms with Crippen LogP contribution in [0, 0.1) is 13.8 Å². The predicted octanol–water partition coefficient (Wildman–Crippen LogP) is 2.23. The van der Waals surface area contributed by atoms with Crippen molar-refractivity contribution in [2.24, 2.45) is 0 Å². The molecule has 5 heteroatoms. The molecule has 1 saturated carbocycles. The number of benzene rings is 1. The fraction of sp³-hybridized carbons (Fsp3) is 0.400. The first-order valence-electron chi connectivity index (χ1n) is 6.89. The van der Waals surface area contributed by atoms with Crippen LogP contribution in [0.5, 0.6) is 0 Å². The lowest BCUT2D eigenvalue weighted by atomic mass is 10.1. The normalized spacial score (nSPS) is 14.3. The molecule has 1 amide bonds. The maximum absolute atomic E-state index is 12.5. The number of carbonyl (C=O) groups excluding carboxylic acids is 1. The van der Waals surface area contributed by atoms with Crippen LogP contribution in [0.4, 0.5) is 0 Å². The molecule has 0 bridgehead atoms. The fourth-order valence-electron chi connectivity index (χ4n) is 2.33. The molecule has 1 aliphatic carbocycles. The van der Waals surface area contributed by atoms with Crippen LogP contribution in [0.15, 0.2) is 24.3 Å². The Morgan fingerprint density at radius 1 is 1.40 bits per heavy atom. The molecular weight excluding hydrogens is 252 g/mol. The molecule has 1 heterocycles. The number of aryl methyl sites for hydroxylation is 2. The second-order valence-electron chi connectivity index (χ2n) is 5.40. The van der Waals surface area contributed by atoms with Crippen molar-refractivity contribution < 1.29 is 4.79 Å². The highest BCUT2D eigenvalue weighted by molar-refractivity contribution is 5.90. The second-order valence-corrected chi connectivity index (χ2v) is 5.40. The standard InChI is InChI=1S/C15H18N4O/c1-10-4-3-5-12(8-10)9-19(13-6-7-13)15(20)14-16-11(2)17-18-14/h3-5,8,13H,6-7,9H2,1-2H3,(H,16,17,18). The molecule has 104 valence electrons. The highest BCUT2D eigenvalue weighted by Crippen LogP contribution is 2.29. The van der Waals surface area contributed by atoms with Crippen molar-refractivity contribution in [3.63, 3.8) is 0 Å². The summed E-state index contributed by atoms with van der Waals surface area (Å²) in [6.45, 7) is 4.48. The van der Waals surface area contributed by atoms with Crippen LogP contribution in [0.1, 0.15) is 40.4 Å². The molecule has 0 atom stereocenters. The summed E-state index contributed by atoms with van der Waals surface area (Å²) in [6, 6.07) is 8.59. The van der Waals surface area contributed by atoms with Crippen molar-refractivity contribution in [2.75, 3.05) is 0 Å². The van der Waals surface area contributed by atoms with Crippen LogP contribution in [0.3, 0.4) is 0 Å². The molecule has 1 aromatic carbocycles. The predicted molar refractivity (Wildman–Crippen MR) is 75.2 cm³/mol. The van der Waals surface area contributed by atoms with Gasteiger partial charge in [0.25, 0.3) is 5.91 Å². The molecule has 0 radical (unpaired) electrons. The molecule has 0 unspecified atom stereocenters. The Bertz CT molecular complexity index is 630. The summed E-state index contributed by atoms with van der Waals surface area (Å²) < 4.78 is 0. The summed E-state index contributed by atoms with van der Waals surface area (Å²) in [6.07, 6.45) is 2.14. The van der Waals surface area contributed by atoms with E-state index in [1.807, 2.05) is 11.0 Å². The van der Waals surface area contributed by atoms with E-state index in [1.165, 1.54) is 5.56 Å². The minimum absolute atomic E-state index is 0.0849. The highest BCUT2D eigenvalue weighted by atomic mass is 16.2. The van der Waals surface area contributed by atoms with E-state index in [-0.39, 0.29) is 11.7 Å². The van der Waals surface area contributed by atoms with Gasteiger partial charge in [-0.3, -0.25) is 9.89 Å². The van der Waals surface area contributed by atoms with Crippen LogP contribution in [0.25, 0.3) is 0 Å². The zero-order valence-corrected chi connectivity index (χ0v) is 11.8. The Morgan fingerprint density at radius 3 is 2.80 bits per heavy atom. The molecule has 1 fully saturated rings. The smallest absolute Gasteiger partial charge is 0.294 e. The molecule has 20 heavy (non-hydrogen) atoms. The van der Waals surface area contributed by atoms with Crippen LogP contribution < -0.4 is 0 Å². The SMILES string of the molecule is Cc1cccc(CN(C(=O)c2n[nH]c(C)n2)C2CC2)c1. The van der Waals surface area contributed by atoms with Crippen LogP contribution >= 0.6 is 0 Å². The maximum atomic E-state index is 12.5. The average Bonchev–Trinajstić information content (AvgIpc) is 3.17. The van der Waals surface area contributed by atoms with Gasteiger partial charge in [-0.2, -0.15) is 0 Å². The van der Waals surface area contributed by atoms with E-state index in [2.05, 4.69) is 40.3 Å². The Labute approximate surface area is 118 Å². The minimum atomic E-state index is -0.0849. The molecule has 2 aromatic rings. The van der Waals surface area contributed by atoms with Gasteiger partial charge in [-0.15, -0.1) is 5.10 Å². The molecule has 1 aliphatic rings. The van der Waals surface area contributed by atoms with Crippen molar-refractivity contribution in [3.8, 4) is 0 Å². The zero-order valence-electron chi connectivity index (χ0n) is 11.8. The lowest BCUT2D eigenvalue weighted by Crippen LogP contribution is -2.33. The molecular formula is C15H18N4O. The molecule has 0 saturated heterocycles. The van der Waals surface area contributed by atoms with Gasteiger partial charge < -0.3 is 4.90 Å². The molecule has 5 nitrogen and oxygen atoms in total. The minimum Gasteiger partial charge on any atom is -0.329 e. The first-order chi connectivity index (χ1) is 9.63. The van der Waals surface area contributed by atoms with Crippen molar-refractivity contribution in [3.05, 3.63) is 47.0 Å². The quantitative estimate of drug-likeness (QED) is 0.926. The van der Waals surface area contributed by atoms with Gasteiger partial charge in [-0.1, -0.05) is 29.8 Å². The Balaban J connectivity index is 1.81. The van der Waals surface area contributed by atoms with E-state index in [1.54, 1.807) is 6.92 Å². The van der Waals surface area contributed by atoms with Gasteiger partial charge in [0.05, 0.1) is 0 Å². The van der Waals surface area contributed by atoms with Crippen molar-refractivity contribution in [2.45, 2.75) is 39.3 Å². The average molecular weight is 270 g/mol. The third-order valence-corrected chi connectivity index (χ3v) is 3.47. The molecule has 0 spiro atoms. The van der Waals surface area contributed by atoms with Gasteiger partial charge >= 0.3 is 0 Å². The van der Waals surface area contributed by atoms with Crippen LogP contribution in [-0.4, -0.2) is 32.0 Å². The lowest BCUT2D eigenvalue weighted by Gasteiger charge is -2.21. The summed E-state index contributed by atoms with van der Waals surface area (Å²) in [4.78, 5) is 18.5. The third kappa shape index (κ3) is 2.71. The number of nitrogens with one attached hydrogen (secondary N) is 1. The maximum Gasteiger partial charge on any atom is 0.294 e. The van der Waals surface area contributed by atoms with Crippen LogP contribution in [0.2, 0.25) is 0 Å². The van der Waals surface area contributed by atoms with E-state index < -0.39 is 0 Å². The third-order valence-electron chi connectivity index (χ3n) is 3.47. The Kier molecular flexibility index (Phi) is 3.26. The summed E-state index contributed by atoms with van der Waals surface area (Å²) in [5, 5.41) is 6.71. The fourth-order valence-corrected chi connectivity index (χ4v) is 2.33. The number of H-pyrrole nitrogens is 1. The molecule has 3 rings (SSSR count). The van der Waals surface area contributed by atoms with Gasteiger partial charge in [0, 0.05) is 12.6 Å². The second kappa shape index (κ2) is 5.07. The number of aromatic nitrogens is 3. The number of amides is 1. The largest absolute Gasteiger partial charge is 0.329 e. The van der Waals surface area contributed by atoms with E-state index in [4.69, 9.17) is 0 Å². The number of hydrogen-bond acceptors (Lipinski definition) is 3. The van der Waals surface area contributed by atoms with Gasteiger partial charge in [0.2, 0.25) is 5.82 Å². The van der Waals surface area contributed by atoms with Gasteiger partial charge in [0.15, 0.2) is 0 Å². The molecule has 1 aromatic heterocycles. The summed E-state index contributed by atoms with van der Waals surface area (Å²) in [7, 11) is 0. The van der Waals surface area contributed by atoms with Crippen molar-refractivity contribution >= 4 is 5.91 Å². The van der Waals surface area contributed by atoms with Gasteiger partial charge in [-0.05, 0) is 32.3 Å². The lowest BCUT2D eigenvalue weighted by molar-refractivity contribution is 0.0718.